The van der Waals surface area contributed by atoms with Crippen molar-refractivity contribution in [2.24, 2.45) is 0 Å². The van der Waals surface area contributed by atoms with Crippen molar-refractivity contribution in [3.63, 3.8) is 0 Å². The molecule has 0 fully saturated rings. The number of carbonyl (C=O) groups is 1. The molecule has 0 atom stereocenters. The van der Waals surface area contributed by atoms with Gasteiger partial charge in [0.15, 0.2) is 12.4 Å². The van der Waals surface area contributed by atoms with Gasteiger partial charge in [0.05, 0.1) is 16.9 Å². The lowest BCUT2D eigenvalue weighted by atomic mass is 10.2. The molecule has 8 nitrogen and oxygen atoms in total. The summed E-state index contributed by atoms with van der Waals surface area (Å²) in [6.45, 7) is 6.70. The third-order valence-corrected chi connectivity index (χ3v) is 3.73. The Morgan fingerprint density at radius 1 is 1.20 bits per heavy atom. The fourth-order valence-corrected chi connectivity index (χ4v) is 2.55. The molecule has 130 valence electrons. The highest BCUT2D eigenvalue weighted by molar-refractivity contribution is 5.89. The Labute approximate surface area is 145 Å². The molecule has 0 spiro atoms. The van der Waals surface area contributed by atoms with E-state index in [0.29, 0.717) is 17.9 Å². The van der Waals surface area contributed by atoms with E-state index in [1.807, 2.05) is 43.7 Å². The zero-order valence-corrected chi connectivity index (χ0v) is 14.5. The summed E-state index contributed by atoms with van der Waals surface area (Å²) in [5.74, 6) is 0.125. The van der Waals surface area contributed by atoms with Crippen molar-refractivity contribution in [2.45, 2.75) is 40.3 Å². The second-order valence-corrected chi connectivity index (χ2v) is 5.78. The molecule has 0 saturated heterocycles. The van der Waals surface area contributed by atoms with Crippen LogP contribution in [0.1, 0.15) is 40.9 Å². The molecule has 2 heterocycles. The first-order valence-corrected chi connectivity index (χ1v) is 8.14. The summed E-state index contributed by atoms with van der Waals surface area (Å²) >= 11 is 0. The average Bonchev–Trinajstić information content (AvgIpc) is 3.19. The number of ether oxygens (including phenoxy) is 1. The summed E-state index contributed by atoms with van der Waals surface area (Å²) in [5.41, 5.74) is 3.36. The molecule has 2 aromatic heterocycles. The number of esters is 1. The average molecular weight is 340 g/mol. The van der Waals surface area contributed by atoms with Gasteiger partial charge in [0.2, 0.25) is 0 Å². The Kier molecular flexibility index (Phi) is 4.87. The number of carbonyl (C=O) groups excluding carboxylic acids is 1. The van der Waals surface area contributed by atoms with Crippen LogP contribution in [0.5, 0.6) is 0 Å². The van der Waals surface area contributed by atoms with Crippen LogP contribution in [0.25, 0.3) is 5.69 Å². The van der Waals surface area contributed by atoms with E-state index in [-0.39, 0.29) is 6.61 Å². The summed E-state index contributed by atoms with van der Waals surface area (Å²) in [7, 11) is 0. The monoisotopic (exact) mass is 340 g/mol. The maximum absolute atomic E-state index is 12.2. The van der Waals surface area contributed by atoms with Crippen molar-refractivity contribution >= 4 is 5.97 Å². The maximum atomic E-state index is 12.2. The van der Waals surface area contributed by atoms with Crippen LogP contribution < -0.4 is 0 Å². The minimum atomic E-state index is -0.411. The van der Waals surface area contributed by atoms with E-state index in [2.05, 4.69) is 20.6 Å². The fourth-order valence-electron chi connectivity index (χ4n) is 2.55. The van der Waals surface area contributed by atoms with Gasteiger partial charge >= 0.3 is 5.97 Å². The predicted molar refractivity (Wildman–Crippen MR) is 90.3 cm³/mol. The first kappa shape index (κ1) is 16.8. The number of aryl methyl sites for hydroxylation is 3. The molecule has 0 saturated carbocycles. The van der Waals surface area contributed by atoms with Crippen molar-refractivity contribution in [3.05, 3.63) is 53.1 Å². The second kappa shape index (κ2) is 7.25. The Hall–Kier alpha value is -3.03. The Morgan fingerprint density at radius 3 is 2.60 bits per heavy atom. The molecule has 0 radical (unpaired) electrons. The molecule has 0 aliphatic rings. The van der Waals surface area contributed by atoms with Gasteiger partial charge in [-0.2, -0.15) is 5.10 Å². The summed E-state index contributed by atoms with van der Waals surface area (Å²) in [4.78, 5) is 12.2. The van der Waals surface area contributed by atoms with Crippen LogP contribution in [0.2, 0.25) is 0 Å². The number of tetrazole rings is 1. The van der Waals surface area contributed by atoms with Crippen LogP contribution >= 0.6 is 0 Å². The third-order valence-electron chi connectivity index (χ3n) is 3.73. The van der Waals surface area contributed by atoms with Gasteiger partial charge in [-0.25, -0.2) is 14.2 Å². The second-order valence-electron chi connectivity index (χ2n) is 5.78. The van der Waals surface area contributed by atoms with Gasteiger partial charge in [0, 0.05) is 12.2 Å². The van der Waals surface area contributed by atoms with E-state index in [4.69, 9.17) is 4.74 Å². The van der Waals surface area contributed by atoms with Crippen LogP contribution in [0.3, 0.4) is 0 Å². The van der Waals surface area contributed by atoms with E-state index in [9.17, 15) is 4.79 Å². The first-order chi connectivity index (χ1) is 12.1. The zero-order valence-electron chi connectivity index (χ0n) is 14.5. The zero-order chi connectivity index (χ0) is 17.8. The lowest BCUT2D eigenvalue weighted by Gasteiger charge is -2.07. The van der Waals surface area contributed by atoms with Crippen LogP contribution in [-0.4, -0.2) is 36.0 Å². The molecule has 8 heteroatoms. The Morgan fingerprint density at radius 2 is 1.96 bits per heavy atom. The third kappa shape index (κ3) is 3.73. The highest BCUT2D eigenvalue weighted by Gasteiger charge is 2.12. The predicted octanol–water partition coefficient (Wildman–Crippen LogP) is 2.24. The summed E-state index contributed by atoms with van der Waals surface area (Å²) in [6.07, 6.45) is 0.903. The molecule has 0 unspecified atom stereocenters. The van der Waals surface area contributed by atoms with Gasteiger partial charge in [-0.15, -0.1) is 5.10 Å². The van der Waals surface area contributed by atoms with E-state index in [1.165, 1.54) is 0 Å². The first-order valence-electron chi connectivity index (χ1n) is 8.14. The molecular formula is C17H20N6O2. The van der Waals surface area contributed by atoms with E-state index in [1.54, 1.807) is 16.8 Å². The van der Waals surface area contributed by atoms with Crippen molar-refractivity contribution in [1.29, 1.82) is 0 Å². The number of benzene rings is 1. The SMILES string of the molecule is CCCn1nnnc1COC(=O)c1ccc(-n2nc(C)cc2C)cc1. The molecule has 0 aliphatic heterocycles. The highest BCUT2D eigenvalue weighted by Crippen LogP contribution is 2.14. The van der Waals surface area contributed by atoms with E-state index >= 15 is 0 Å². The van der Waals surface area contributed by atoms with Crippen molar-refractivity contribution in [1.82, 2.24) is 30.0 Å². The van der Waals surface area contributed by atoms with Gasteiger partial charge in [0.25, 0.3) is 0 Å². The van der Waals surface area contributed by atoms with E-state index < -0.39 is 5.97 Å². The Bertz CT molecular complexity index is 866. The Balaban J connectivity index is 1.66. The molecule has 0 N–H and O–H groups in total. The standard InChI is InChI=1S/C17H20N6O2/c1-4-9-22-16(18-20-21-22)11-25-17(24)14-5-7-15(8-6-14)23-13(3)10-12(2)19-23/h5-8,10H,4,9,11H2,1-3H3. The largest absolute Gasteiger partial charge is 0.454 e. The van der Waals surface area contributed by atoms with Crippen LogP contribution in [0.15, 0.2) is 30.3 Å². The van der Waals surface area contributed by atoms with Gasteiger partial charge in [-0.05, 0) is 61.0 Å². The highest BCUT2D eigenvalue weighted by atomic mass is 16.5. The normalized spacial score (nSPS) is 10.8. The minimum absolute atomic E-state index is 0.0467. The van der Waals surface area contributed by atoms with Gasteiger partial charge in [0.1, 0.15) is 0 Å². The van der Waals surface area contributed by atoms with Gasteiger partial charge in [-0.3, -0.25) is 0 Å². The molecule has 0 amide bonds. The summed E-state index contributed by atoms with van der Waals surface area (Å²) < 4.78 is 8.78. The maximum Gasteiger partial charge on any atom is 0.338 e. The smallest absolute Gasteiger partial charge is 0.338 e. The number of aromatic nitrogens is 6. The topological polar surface area (TPSA) is 87.7 Å². The van der Waals surface area contributed by atoms with Gasteiger partial charge in [-0.1, -0.05) is 6.92 Å². The van der Waals surface area contributed by atoms with Crippen molar-refractivity contribution in [2.75, 3.05) is 0 Å². The van der Waals surface area contributed by atoms with Crippen LogP contribution in [0.4, 0.5) is 0 Å². The number of nitrogens with zero attached hydrogens (tertiary/aromatic N) is 6. The molecule has 3 aromatic rings. The number of rotatable bonds is 6. The molecule has 3 rings (SSSR count). The molecule has 25 heavy (non-hydrogen) atoms. The number of hydrogen-bond donors (Lipinski definition) is 0. The molecule has 0 aliphatic carbocycles. The van der Waals surface area contributed by atoms with Crippen LogP contribution in [0, 0.1) is 13.8 Å². The van der Waals surface area contributed by atoms with Crippen LogP contribution in [-0.2, 0) is 17.9 Å². The number of hydrogen-bond acceptors (Lipinski definition) is 6. The quantitative estimate of drug-likeness (QED) is 0.640. The lowest BCUT2D eigenvalue weighted by molar-refractivity contribution is 0.0456. The molecule has 0 bridgehead atoms. The van der Waals surface area contributed by atoms with E-state index in [0.717, 1.165) is 23.5 Å². The van der Waals surface area contributed by atoms with Gasteiger partial charge < -0.3 is 4.74 Å². The van der Waals surface area contributed by atoms with Crippen molar-refractivity contribution < 1.29 is 9.53 Å². The molecular weight excluding hydrogens is 320 g/mol. The fraction of sp³-hybridized carbons (Fsp3) is 0.353. The lowest BCUT2D eigenvalue weighted by Crippen LogP contribution is -2.11. The summed E-state index contributed by atoms with van der Waals surface area (Å²) in [5, 5.41) is 15.8. The van der Waals surface area contributed by atoms with Crippen molar-refractivity contribution in [3.8, 4) is 5.69 Å². The minimum Gasteiger partial charge on any atom is -0.454 e. The molecule has 1 aromatic carbocycles. The summed E-state index contributed by atoms with van der Waals surface area (Å²) in [6, 6.07) is 9.14.